The van der Waals surface area contributed by atoms with Crippen molar-refractivity contribution < 1.29 is 4.79 Å². The standard InChI is InChI=1S/C26H31N5OS.ClH/c1-6-29(7-2)15-16-30(26-28-24-19(4)18(3)13-14-23(24)33-26)25(32)22-17-27-31(20(22)5)21-11-9-8-10-12-21;/h8-14,17H,6-7,15-16H2,1-5H3;1H. The Morgan fingerprint density at radius 1 is 1.00 bits per heavy atom. The van der Waals surface area contributed by atoms with Crippen molar-refractivity contribution in [2.45, 2.75) is 34.6 Å². The number of rotatable bonds is 8. The second-order valence-electron chi connectivity index (χ2n) is 8.23. The summed E-state index contributed by atoms with van der Waals surface area (Å²) in [5.74, 6) is -0.0599. The summed E-state index contributed by atoms with van der Waals surface area (Å²) in [6.07, 6.45) is 1.68. The molecular formula is C26H32ClN5OS. The Balaban J connectivity index is 0.00000324. The third-order valence-electron chi connectivity index (χ3n) is 6.32. The van der Waals surface area contributed by atoms with E-state index < -0.39 is 0 Å². The highest BCUT2D eigenvalue weighted by atomic mass is 35.5. The Morgan fingerprint density at radius 2 is 1.71 bits per heavy atom. The Kier molecular flexibility index (Phi) is 8.47. The molecule has 6 nitrogen and oxygen atoms in total. The number of aryl methyl sites for hydroxylation is 2. The van der Waals surface area contributed by atoms with Crippen molar-refractivity contribution in [2.75, 3.05) is 31.1 Å². The Labute approximate surface area is 211 Å². The lowest BCUT2D eigenvalue weighted by Gasteiger charge is -2.24. The van der Waals surface area contributed by atoms with Gasteiger partial charge in [0.1, 0.15) is 0 Å². The van der Waals surface area contributed by atoms with E-state index in [4.69, 9.17) is 4.98 Å². The van der Waals surface area contributed by atoms with E-state index in [0.717, 1.165) is 46.4 Å². The monoisotopic (exact) mass is 497 g/mol. The van der Waals surface area contributed by atoms with E-state index in [1.165, 1.54) is 11.1 Å². The van der Waals surface area contributed by atoms with E-state index in [0.29, 0.717) is 12.1 Å². The minimum absolute atomic E-state index is 0. The minimum atomic E-state index is -0.0599. The first-order valence-electron chi connectivity index (χ1n) is 11.5. The number of hydrogen-bond donors (Lipinski definition) is 0. The van der Waals surface area contributed by atoms with E-state index in [2.05, 4.69) is 49.8 Å². The molecule has 0 aliphatic heterocycles. The van der Waals surface area contributed by atoms with Crippen LogP contribution < -0.4 is 4.90 Å². The number of aromatic nitrogens is 3. The minimum Gasteiger partial charge on any atom is -0.302 e. The summed E-state index contributed by atoms with van der Waals surface area (Å²) < 4.78 is 2.92. The second kappa shape index (κ2) is 11.1. The van der Waals surface area contributed by atoms with E-state index in [9.17, 15) is 4.79 Å². The molecule has 2 heterocycles. The van der Waals surface area contributed by atoms with Gasteiger partial charge in [0, 0.05) is 13.1 Å². The zero-order chi connectivity index (χ0) is 23.5. The number of amides is 1. The van der Waals surface area contributed by atoms with Crippen LogP contribution in [0.4, 0.5) is 5.13 Å². The zero-order valence-corrected chi connectivity index (χ0v) is 22.0. The fraction of sp³-hybridized carbons (Fsp3) is 0.346. The summed E-state index contributed by atoms with van der Waals surface area (Å²) in [7, 11) is 0. The molecule has 0 fully saturated rings. The van der Waals surface area contributed by atoms with Crippen LogP contribution in [0, 0.1) is 20.8 Å². The van der Waals surface area contributed by atoms with Gasteiger partial charge < -0.3 is 4.90 Å². The van der Waals surface area contributed by atoms with Gasteiger partial charge in [-0.05, 0) is 63.2 Å². The highest BCUT2D eigenvalue weighted by Crippen LogP contribution is 2.33. The topological polar surface area (TPSA) is 54.3 Å². The van der Waals surface area contributed by atoms with Crippen molar-refractivity contribution >= 4 is 45.0 Å². The van der Waals surface area contributed by atoms with Crippen molar-refractivity contribution in [3.8, 4) is 5.69 Å². The van der Waals surface area contributed by atoms with Gasteiger partial charge in [0.25, 0.3) is 5.91 Å². The zero-order valence-electron chi connectivity index (χ0n) is 20.4. The number of nitrogens with zero attached hydrogens (tertiary/aromatic N) is 5. The predicted octanol–water partition coefficient (Wildman–Crippen LogP) is 5.82. The molecule has 0 saturated carbocycles. The third kappa shape index (κ3) is 5.02. The van der Waals surface area contributed by atoms with Crippen LogP contribution in [0.15, 0.2) is 48.7 Å². The number of carbonyl (C=O) groups excluding carboxylic acids is 1. The summed E-state index contributed by atoms with van der Waals surface area (Å²) in [5, 5.41) is 5.26. The molecule has 2 aromatic heterocycles. The molecule has 4 rings (SSSR count). The summed E-state index contributed by atoms with van der Waals surface area (Å²) in [5.41, 5.74) is 5.72. The number of hydrogen-bond acceptors (Lipinski definition) is 5. The first kappa shape index (κ1) is 25.9. The van der Waals surface area contributed by atoms with E-state index in [-0.39, 0.29) is 18.3 Å². The maximum atomic E-state index is 13.8. The van der Waals surface area contributed by atoms with Crippen molar-refractivity contribution in [3.05, 3.63) is 71.0 Å². The Bertz CT molecular complexity index is 1260. The van der Waals surface area contributed by atoms with Crippen LogP contribution >= 0.6 is 23.7 Å². The number of anilines is 1. The van der Waals surface area contributed by atoms with Gasteiger partial charge in [-0.15, -0.1) is 12.4 Å². The maximum absolute atomic E-state index is 13.8. The summed E-state index contributed by atoms with van der Waals surface area (Å²) in [4.78, 5) is 22.9. The number of halogens is 1. The average molecular weight is 498 g/mol. The first-order valence-corrected chi connectivity index (χ1v) is 12.3. The lowest BCUT2D eigenvalue weighted by atomic mass is 10.1. The molecule has 1 amide bonds. The summed E-state index contributed by atoms with van der Waals surface area (Å²) in [6.45, 7) is 13.7. The van der Waals surface area contributed by atoms with Crippen molar-refractivity contribution in [3.63, 3.8) is 0 Å². The Morgan fingerprint density at radius 3 is 2.38 bits per heavy atom. The third-order valence-corrected chi connectivity index (χ3v) is 7.37. The van der Waals surface area contributed by atoms with Crippen molar-refractivity contribution in [1.29, 1.82) is 0 Å². The van der Waals surface area contributed by atoms with Gasteiger partial charge >= 0.3 is 0 Å². The van der Waals surface area contributed by atoms with Gasteiger partial charge in [-0.2, -0.15) is 5.10 Å². The van der Waals surface area contributed by atoms with Gasteiger partial charge in [-0.25, -0.2) is 9.67 Å². The first-order chi connectivity index (χ1) is 15.9. The maximum Gasteiger partial charge on any atom is 0.263 e. The molecule has 0 bridgehead atoms. The molecular weight excluding hydrogens is 466 g/mol. The number of fused-ring (bicyclic) bond motifs is 1. The molecule has 0 saturated heterocycles. The van der Waals surface area contributed by atoms with Crippen LogP contribution in [0.25, 0.3) is 15.9 Å². The van der Waals surface area contributed by atoms with Gasteiger partial charge in [0.05, 0.1) is 33.4 Å². The van der Waals surface area contributed by atoms with Crippen LogP contribution in [0.1, 0.15) is 41.0 Å². The van der Waals surface area contributed by atoms with Crippen molar-refractivity contribution in [2.24, 2.45) is 0 Å². The molecule has 0 atom stereocenters. The van der Waals surface area contributed by atoms with Crippen LogP contribution in [-0.2, 0) is 0 Å². The lowest BCUT2D eigenvalue weighted by Crippen LogP contribution is -2.39. The number of thiazole rings is 1. The van der Waals surface area contributed by atoms with Crippen molar-refractivity contribution in [1.82, 2.24) is 19.7 Å². The number of benzene rings is 2. The fourth-order valence-electron chi connectivity index (χ4n) is 3.99. The van der Waals surface area contributed by atoms with E-state index in [1.54, 1.807) is 17.5 Å². The predicted molar refractivity (Wildman–Crippen MR) is 144 cm³/mol. The average Bonchev–Trinajstić information content (AvgIpc) is 3.43. The molecule has 2 aromatic carbocycles. The highest BCUT2D eigenvalue weighted by molar-refractivity contribution is 7.22. The second-order valence-corrected chi connectivity index (χ2v) is 9.23. The van der Waals surface area contributed by atoms with Gasteiger partial charge in [0.2, 0.25) is 0 Å². The van der Waals surface area contributed by atoms with Crippen LogP contribution in [0.3, 0.4) is 0 Å². The fourth-order valence-corrected chi connectivity index (χ4v) is 5.04. The van der Waals surface area contributed by atoms with Crippen LogP contribution in [-0.4, -0.2) is 51.8 Å². The molecule has 180 valence electrons. The SMILES string of the molecule is CCN(CC)CCN(C(=O)c1cnn(-c2ccccc2)c1C)c1nc2c(C)c(C)ccc2s1.Cl. The lowest BCUT2D eigenvalue weighted by molar-refractivity contribution is 0.0983. The molecule has 8 heteroatoms. The van der Waals surface area contributed by atoms with Crippen LogP contribution in [0.2, 0.25) is 0 Å². The molecule has 0 aliphatic rings. The normalized spacial score (nSPS) is 11.1. The molecule has 0 aliphatic carbocycles. The number of likely N-dealkylation sites (N-methyl/N-ethyl adjacent to an activating group) is 1. The summed E-state index contributed by atoms with van der Waals surface area (Å²) >= 11 is 1.58. The molecule has 34 heavy (non-hydrogen) atoms. The molecule has 0 N–H and O–H groups in total. The molecule has 4 aromatic rings. The largest absolute Gasteiger partial charge is 0.302 e. The molecule has 0 unspecified atom stereocenters. The smallest absolute Gasteiger partial charge is 0.263 e. The van der Waals surface area contributed by atoms with E-state index >= 15 is 0 Å². The highest BCUT2D eigenvalue weighted by Gasteiger charge is 2.26. The Hall–Kier alpha value is -2.74. The van der Waals surface area contributed by atoms with Gasteiger partial charge in [0.15, 0.2) is 5.13 Å². The quantitative estimate of drug-likeness (QED) is 0.308. The molecule has 0 radical (unpaired) electrons. The van der Waals surface area contributed by atoms with Gasteiger partial charge in [-0.1, -0.05) is 49.4 Å². The van der Waals surface area contributed by atoms with Crippen LogP contribution in [0.5, 0.6) is 0 Å². The molecule has 0 spiro atoms. The van der Waals surface area contributed by atoms with Gasteiger partial charge in [-0.3, -0.25) is 9.69 Å². The summed E-state index contributed by atoms with van der Waals surface area (Å²) in [6, 6.07) is 14.1. The van der Waals surface area contributed by atoms with E-state index in [1.807, 2.05) is 46.8 Å². The number of carbonyl (C=O) groups is 1. The number of para-hydroxylation sites is 1.